The molecule has 24 heavy (non-hydrogen) atoms. The van der Waals surface area contributed by atoms with Crippen LogP contribution in [-0.2, 0) is 20.8 Å². The first-order valence-corrected chi connectivity index (χ1v) is 8.09. The summed E-state index contributed by atoms with van der Waals surface area (Å²) in [7, 11) is 1.23. The van der Waals surface area contributed by atoms with Crippen molar-refractivity contribution >= 4 is 29.2 Å². The van der Waals surface area contributed by atoms with Crippen LogP contribution in [0, 0.1) is 0 Å². The SMILES string of the molecule is COC(=O)c1ccccc1C(=O)OC(C)C(=O)NCc1cccs1. The molecule has 0 fully saturated rings. The average molecular weight is 347 g/mol. The zero-order valence-electron chi connectivity index (χ0n) is 13.3. The third kappa shape index (κ3) is 4.42. The molecule has 1 atom stereocenters. The number of carbonyl (C=O) groups is 3. The fourth-order valence-electron chi connectivity index (χ4n) is 1.96. The molecule has 1 unspecified atom stereocenters. The second-order valence-corrected chi connectivity index (χ2v) is 5.91. The van der Waals surface area contributed by atoms with Gasteiger partial charge >= 0.3 is 11.9 Å². The van der Waals surface area contributed by atoms with Crippen LogP contribution in [0.15, 0.2) is 41.8 Å². The van der Waals surface area contributed by atoms with Crippen LogP contribution in [-0.4, -0.2) is 31.1 Å². The maximum Gasteiger partial charge on any atom is 0.339 e. The number of nitrogens with one attached hydrogen (secondary N) is 1. The van der Waals surface area contributed by atoms with Gasteiger partial charge in [-0.2, -0.15) is 0 Å². The molecule has 0 aliphatic heterocycles. The molecule has 1 amide bonds. The smallest absolute Gasteiger partial charge is 0.339 e. The third-order valence-electron chi connectivity index (χ3n) is 3.22. The predicted octanol–water partition coefficient (Wildman–Crippen LogP) is 2.40. The van der Waals surface area contributed by atoms with Gasteiger partial charge in [0.25, 0.3) is 5.91 Å². The van der Waals surface area contributed by atoms with E-state index >= 15 is 0 Å². The van der Waals surface area contributed by atoms with Crippen molar-refractivity contribution in [1.82, 2.24) is 5.32 Å². The van der Waals surface area contributed by atoms with Gasteiger partial charge < -0.3 is 14.8 Å². The van der Waals surface area contributed by atoms with E-state index in [9.17, 15) is 14.4 Å². The van der Waals surface area contributed by atoms with Crippen molar-refractivity contribution in [2.45, 2.75) is 19.6 Å². The first-order chi connectivity index (χ1) is 11.5. The highest BCUT2D eigenvalue weighted by Crippen LogP contribution is 2.13. The van der Waals surface area contributed by atoms with E-state index in [0.29, 0.717) is 6.54 Å². The molecule has 1 N–H and O–H groups in total. The molecule has 2 aromatic rings. The summed E-state index contributed by atoms with van der Waals surface area (Å²) in [6.45, 7) is 1.85. The second kappa shape index (κ2) is 8.26. The Morgan fingerprint density at radius 1 is 1.08 bits per heavy atom. The van der Waals surface area contributed by atoms with Crippen LogP contribution in [0.4, 0.5) is 0 Å². The van der Waals surface area contributed by atoms with Gasteiger partial charge in [-0.15, -0.1) is 11.3 Å². The van der Waals surface area contributed by atoms with Gasteiger partial charge in [0.05, 0.1) is 24.8 Å². The molecule has 2 rings (SSSR count). The average Bonchev–Trinajstić information content (AvgIpc) is 3.12. The molecule has 6 nitrogen and oxygen atoms in total. The van der Waals surface area contributed by atoms with Crippen molar-refractivity contribution in [1.29, 1.82) is 0 Å². The van der Waals surface area contributed by atoms with E-state index in [-0.39, 0.29) is 11.1 Å². The minimum atomic E-state index is -0.983. The molecule has 0 spiro atoms. The van der Waals surface area contributed by atoms with Crippen molar-refractivity contribution in [2.75, 3.05) is 7.11 Å². The summed E-state index contributed by atoms with van der Waals surface area (Å²) < 4.78 is 9.78. The molecule has 0 aliphatic carbocycles. The van der Waals surface area contributed by atoms with Crippen molar-refractivity contribution in [3.63, 3.8) is 0 Å². The Balaban J connectivity index is 1.98. The van der Waals surface area contributed by atoms with Crippen LogP contribution in [0.25, 0.3) is 0 Å². The lowest BCUT2D eigenvalue weighted by atomic mass is 10.1. The van der Waals surface area contributed by atoms with E-state index in [4.69, 9.17) is 4.74 Å². The van der Waals surface area contributed by atoms with Gasteiger partial charge in [-0.1, -0.05) is 18.2 Å². The monoisotopic (exact) mass is 347 g/mol. The van der Waals surface area contributed by atoms with Gasteiger partial charge in [-0.05, 0) is 30.5 Å². The van der Waals surface area contributed by atoms with Crippen LogP contribution in [0.5, 0.6) is 0 Å². The minimum absolute atomic E-state index is 0.0576. The number of rotatable bonds is 6. The lowest BCUT2D eigenvalue weighted by Gasteiger charge is -2.14. The summed E-state index contributed by atoms with van der Waals surface area (Å²) >= 11 is 1.52. The van der Waals surface area contributed by atoms with Gasteiger partial charge in [0.2, 0.25) is 0 Å². The Bertz CT molecular complexity index is 726. The standard InChI is InChI=1S/C17H17NO5S/c1-11(15(19)18-10-12-6-5-9-24-12)23-17(21)14-8-4-3-7-13(14)16(20)22-2/h3-9,11H,10H2,1-2H3,(H,18,19). The van der Waals surface area contributed by atoms with E-state index in [1.54, 1.807) is 12.1 Å². The molecule has 0 saturated heterocycles. The molecule has 7 heteroatoms. The fraction of sp³-hybridized carbons (Fsp3) is 0.235. The maximum atomic E-state index is 12.2. The van der Waals surface area contributed by atoms with Crippen molar-refractivity contribution < 1.29 is 23.9 Å². The molecule has 1 aromatic heterocycles. The Morgan fingerprint density at radius 2 is 1.75 bits per heavy atom. The second-order valence-electron chi connectivity index (χ2n) is 4.88. The summed E-state index contributed by atoms with van der Waals surface area (Å²) in [4.78, 5) is 36.9. The Morgan fingerprint density at radius 3 is 2.33 bits per heavy atom. The Labute approximate surface area is 143 Å². The molecule has 126 valence electrons. The number of esters is 2. The highest BCUT2D eigenvalue weighted by atomic mass is 32.1. The van der Waals surface area contributed by atoms with Crippen LogP contribution in [0.3, 0.4) is 0 Å². The maximum absolute atomic E-state index is 12.2. The lowest BCUT2D eigenvalue weighted by molar-refractivity contribution is -0.129. The summed E-state index contributed by atoms with van der Waals surface area (Å²) in [5.41, 5.74) is 0.151. The molecule has 0 aliphatic rings. The molecule has 0 radical (unpaired) electrons. The van der Waals surface area contributed by atoms with Crippen molar-refractivity contribution in [3.8, 4) is 0 Å². The zero-order valence-corrected chi connectivity index (χ0v) is 14.1. The van der Waals surface area contributed by atoms with Gasteiger partial charge in [0.15, 0.2) is 6.10 Å². The van der Waals surface area contributed by atoms with E-state index in [1.807, 2.05) is 17.5 Å². The summed E-state index contributed by atoms with van der Waals surface area (Å²) in [5, 5.41) is 4.60. The van der Waals surface area contributed by atoms with E-state index in [2.05, 4.69) is 10.1 Å². The normalized spacial score (nSPS) is 11.4. The third-order valence-corrected chi connectivity index (χ3v) is 4.10. The summed E-state index contributed by atoms with van der Waals surface area (Å²) in [6.07, 6.45) is -0.983. The zero-order chi connectivity index (χ0) is 17.5. The number of amides is 1. The molecule has 1 aromatic carbocycles. The van der Waals surface area contributed by atoms with Crippen molar-refractivity contribution in [2.24, 2.45) is 0 Å². The van der Waals surface area contributed by atoms with Crippen LogP contribution < -0.4 is 5.32 Å². The first kappa shape index (κ1) is 17.7. The number of hydrogen-bond donors (Lipinski definition) is 1. The Hall–Kier alpha value is -2.67. The van der Waals surface area contributed by atoms with Gasteiger partial charge in [-0.3, -0.25) is 4.79 Å². The molecular weight excluding hydrogens is 330 g/mol. The van der Waals surface area contributed by atoms with Crippen LogP contribution in [0.1, 0.15) is 32.5 Å². The van der Waals surface area contributed by atoms with Gasteiger partial charge in [0, 0.05) is 4.88 Å². The van der Waals surface area contributed by atoms with E-state index < -0.39 is 23.9 Å². The van der Waals surface area contributed by atoms with E-state index in [0.717, 1.165) is 4.88 Å². The fourth-order valence-corrected chi connectivity index (χ4v) is 2.60. The molecule has 0 bridgehead atoms. The van der Waals surface area contributed by atoms with Crippen LogP contribution >= 0.6 is 11.3 Å². The first-order valence-electron chi connectivity index (χ1n) is 7.21. The number of benzene rings is 1. The molecule has 0 saturated carbocycles. The topological polar surface area (TPSA) is 81.7 Å². The number of ether oxygens (including phenoxy) is 2. The highest BCUT2D eigenvalue weighted by Gasteiger charge is 2.23. The number of thiophene rings is 1. The highest BCUT2D eigenvalue weighted by molar-refractivity contribution is 7.09. The largest absolute Gasteiger partial charge is 0.465 e. The van der Waals surface area contributed by atoms with E-state index in [1.165, 1.54) is 37.5 Å². The van der Waals surface area contributed by atoms with Crippen molar-refractivity contribution in [3.05, 3.63) is 57.8 Å². The van der Waals surface area contributed by atoms with Gasteiger partial charge in [-0.25, -0.2) is 9.59 Å². The van der Waals surface area contributed by atoms with Gasteiger partial charge in [0.1, 0.15) is 0 Å². The number of methoxy groups -OCH3 is 1. The summed E-state index contributed by atoms with van der Waals surface area (Å²) in [6, 6.07) is 9.91. The quantitative estimate of drug-likeness (QED) is 0.812. The molecule has 1 heterocycles. The Kier molecular flexibility index (Phi) is 6.08. The lowest BCUT2D eigenvalue weighted by Crippen LogP contribution is -2.35. The summed E-state index contributed by atoms with van der Waals surface area (Å²) in [5.74, 6) is -1.81. The molecular formula is C17H17NO5S. The number of carbonyl (C=O) groups excluding carboxylic acids is 3. The predicted molar refractivity (Wildman–Crippen MR) is 88.8 cm³/mol. The number of hydrogen-bond acceptors (Lipinski definition) is 6. The van der Waals surface area contributed by atoms with Crippen LogP contribution in [0.2, 0.25) is 0 Å². The minimum Gasteiger partial charge on any atom is -0.465 e.